The van der Waals surface area contributed by atoms with E-state index in [-0.39, 0.29) is 66.3 Å². The van der Waals surface area contributed by atoms with Crippen LogP contribution in [0.25, 0.3) is 0 Å². The fraction of sp³-hybridized carbons (Fsp3) is 0. The van der Waals surface area contributed by atoms with Gasteiger partial charge < -0.3 is 20.5 Å². The number of carbonyl (C=O) groups is 1. The van der Waals surface area contributed by atoms with E-state index in [0.29, 0.717) is 0 Å². The molecule has 0 rings (SSSR count). The predicted molar refractivity (Wildman–Crippen MR) is 23.3 cm³/mol. The van der Waals surface area contributed by atoms with E-state index in [2.05, 4.69) is 0 Å². The molecule has 36 valence electrons. The fourth-order valence-corrected chi connectivity index (χ4v) is 0. The van der Waals surface area contributed by atoms with Crippen LogP contribution in [0.4, 0.5) is 4.79 Å². The van der Waals surface area contributed by atoms with E-state index >= 15 is 0 Å². The zero-order chi connectivity index (χ0) is 3.58. The van der Waals surface area contributed by atoms with Crippen molar-refractivity contribution in [3.63, 3.8) is 0 Å². The molecular weight excluding hydrogens is 140 g/mol. The number of carboxylic acid groups (broad SMARTS) is 2. The van der Waals surface area contributed by atoms with Gasteiger partial charge in [-0.25, -0.2) is 0 Å². The first kappa shape index (κ1) is 24.0. The zero-order valence-electron chi connectivity index (χ0n) is 2.93. The van der Waals surface area contributed by atoms with Crippen molar-refractivity contribution in [2.24, 2.45) is 0 Å². The topological polar surface area (TPSA) is 94.7 Å². The van der Waals surface area contributed by atoms with Gasteiger partial charge >= 0.3 is 60.8 Å². The molecule has 0 amide bonds. The van der Waals surface area contributed by atoms with Crippen LogP contribution in [0.1, 0.15) is 0 Å². The van der Waals surface area contributed by atoms with Crippen LogP contribution in [0.5, 0.6) is 0 Å². The Morgan fingerprint density at radius 3 is 1.29 bits per heavy atom. The quantitative estimate of drug-likeness (QED) is 0.320. The second-order valence-electron chi connectivity index (χ2n) is 0.250. The summed E-state index contributed by atoms with van der Waals surface area (Å²) in [5.74, 6) is 0. The summed E-state index contributed by atoms with van der Waals surface area (Å²) >= 11 is 0. The van der Waals surface area contributed by atoms with Gasteiger partial charge in [0.1, 0.15) is 0 Å². The van der Waals surface area contributed by atoms with Crippen LogP contribution in [0.15, 0.2) is 0 Å². The van der Waals surface area contributed by atoms with Crippen molar-refractivity contribution < 1.29 is 20.5 Å². The van der Waals surface area contributed by atoms with Crippen LogP contribution in [-0.4, -0.2) is 72.4 Å². The number of rotatable bonds is 0. The van der Waals surface area contributed by atoms with Crippen molar-refractivity contribution in [2.45, 2.75) is 0 Å². The Morgan fingerprint density at radius 1 is 1.29 bits per heavy atom. The molecule has 0 aliphatic rings. The van der Waals surface area contributed by atoms with Crippen LogP contribution < -0.4 is 10.2 Å². The maximum atomic E-state index is 8.33. The summed E-state index contributed by atoms with van der Waals surface area (Å²) in [6.45, 7) is 0. The molecule has 0 unspecified atom stereocenters. The van der Waals surface area contributed by atoms with Crippen molar-refractivity contribution in [2.75, 3.05) is 0 Å². The van der Waals surface area contributed by atoms with Gasteiger partial charge in [-0.05, 0) is 6.16 Å². The van der Waals surface area contributed by atoms with Crippen LogP contribution in [0.2, 0.25) is 0 Å². The summed E-state index contributed by atoms with van der Waals surface area (Å²) in [6, 6.07) is 0. The van der Waals surface area contributed by atoms with Gasteiger partial charge in [-0.15, -0.1) is 0 Å². The molecule has 0 atom stereocenters. The van der Waals surface area contributed by atoms with Gasteiger partial charge in [-0.1, -0.05) is 0 Å². The molecule has 0 aromatic carbocycles. The minimum atomic E-state index is -2.33. The molecule has 6 heteroatoms. The molecule has 4 nitrogen and oxygen atoms in total. The van der Waals surface area contributed by atoms with E-state index < -0.39 is 6.16 Å². The molecule has 0 heterocycles. The van der Waals surface area contributed by atoms with Gasteiger partial charge in [0.25, 0.3) is 0 Å². The summed E-state index contributed by atoms with van der Waals surface area (Å²) in [5, 5.41) is 16.7. The van der Waals surface area contributed by atoms with Gasteiger partial charge in [-0.2, -0.15) is 0 Å². The van der Waals surface area contributed by atoms with Crippen molar-refractivity contribution in [1.82, 2.24) is 0 Å². The minimum Gasteiger partial charge on any atom is 2.00 e. The molecule has 0 saturated carbocycles. The fourth-order valence-electron chi connectivity index (χ4n) is 0. The summed E-state index contributed by atoms with van der Waals surface area (Å²) in [4.78, 5) is 8.33. The third kappa shape index (κ3) is 127. The standard InChI is InChI=1S/CH2O3.Ca.Mg.H2O.2H/c2-1(3)4;;;;;/h(H2,2,3,4);;;1H2;;/q;;+2;;;/p-2. The molecular formula is CH4CaMgO4. The van der Waals surface area contributed by atoms with Crippen LogP contribution in [0, 0.1) is 0 Å². The van der Waals surface area contributed by atoms with E-state index in [1.807, 2.05) is 0 Å². The Labute approximate surface area is 86.4 Å². The molecule has 0 aromatic heterocycles. The normalized spacial score (nSPS) is 3.43. The minimum absolute atomic E-state index is 0. The Kier molecular flexibility index (Phi) is 53.7. The van der Waals surface area contributed by atoms with Gasteiger partial charge in [0.2, 0.25) is 0 Å². The van der Waals surface area contributed by atoms with Gasteiger partial charge in [0.05, 0.1) is 0 Å². The average molecular weight is 144 g/mol. The van der Waals surface area contributed by atoms with Crippen molar-refractivity contribution in [3.8, 4) is 0 Å². The van der Waals surface area contributed by atoms with Gasteiger partial charge in [-0.3, -0.25) is 0 Å². The van der Waals surface area contributed by atoms with E-state index in [0.717, 1.165) is 0 Å². The summed E-state index contributed by atoms with van der Waals surface area (Å²) in [6.07, 6.45) is -2.33. The zero-order valence-corrected chi connectivity index (χ0v) is 4.35. The first-order chi connectivity index (χ1) is 1.73. The van der Waals surface area contributed by atoms with E-state index in [1.165, 1.54) is 0 Å². The Bertz CT molecular complexity index is 34.7. The van der Waals surface area contributed by atoms with E-state index in [1.54, 1.807) is 0 Å². The van der Waals surface area contributed by atoms with Crippen molar-refractivity contribution >= 4 is 66.9 Å². The van der Waals surface area contributed by atoms with E-state index in [4.69, 9.17) is 15.0 Å². The monoisotopic (exact) mass is 144 g/mol. The molecule has 0 saturated heterocycles. The van der Waals surface area contributed by atoms with Crippen molar-refractivity contribution in [1.29, 1.82) is 0 Å². The van der Waals surface area contributed by atoms with E-state index in [9.17, 15) is 0 Å². The molecule has 7 heavy (non-hydrogen) atoms. The largest absolute Gasteiger partial charge is 2.00 e. The van der Waals surface area contributed by atoms with Gasteiger partial charge in [0, 0.05) is 0 Å². The molecule has 0 aliphatic heterocycles. The van der Waals surface area contributed by atoms with Gasteiger partial charge in [0.15, 0.2) is 0 Å². The predicted octanol–water partition coefficient (Wildman–Crippen LogP) is -4.57. The first-order valence-corrected chi connectivity index (χ1v) is 0.612. The number of carbonyl (C=O) groups excluding carboxylic acids is 1. The number of hydrogen-bond acceptors (Lipinski definition) is 3. The summed E-state index contributed by atoms with van der Waals surface area (Å²) in [7, 11) is 0. The molecule has 0 radical (unpaired) electrons. The third-order valence-electron chi connectivity index (χ3n) is 0. The SMILES string of the molecule is O.O=C([O-])[O-].[CaH2].[Mg+2]. The Morgan fingerprint density at radius 2 is 1.29 bits per heavy atom. The Hall–Kier alpha value is 1.26. The van der Waals surface area contributed by atoms with Crippen LogP contribution in [0.3, 0.4) is 0 Å². The molecule has 0 bridgehead atoms. The van der Waals surface area contributed by atoms with Crippen LogP contribution in [-0.2, 0) is 0 Å². The maximum Gasteiger partial charge on any atom is 2.00 e. The number of hydrogen-bond donors (Lipinski definition) is 0. The molecule has 0 aromatic rings. The first-order valence-electron chi connectivity index (χ1n) is 0.612. The smallest absolute Gasteiger partial charge is 2.00 e. The summed E-state index contributed by atoms with van der Waals surface area (Å²) in [5.41, 5.74) is 0. The van der Waals surface area contributed by atoms with Crippen molar-refractivity contribution in [3.05, 3.63) is 0 Å². The molecule has 0 fully saturated rings. The molecule has 0 spiro atoms. The van der Waals surface area contributed by atoms with Crippen LogP contribution >= 0.6 is 0 Å². The summed E-state index contributed by atoms with van der Waals surface area (Å²) < 4.78 is 0. The Balaban J connectivity index is -0.0000000150. The average Bonchev–Trinajstić information content (AvgIpc) is 0.811. The second-order valence-corrected chi connectivity index (χ2v) is 0.250. The molecule has 2 N–H and O–H groups in total. The third-order valence-corrected chi connectivity index (χ3v) is 0. The second kappa shape index (κ2) is 15.7. The molecule has 0 aliphatic carbocycles. The maximum absolute atomic E-state index is 8.33.